The third-order valence-corrected chi connectivity index (χ3v) is 2.79. The highest BCUT2D eigenvalue weighted by Crippen LogP contribution is 2.09. The van der Waals surface area contributed by atoms with Gasteiger partial charge >= 0.3 is 5.69 Å². The van der Waals surface area contributed by atoms with Gasteiger partial charge in [0, 0.05) is 0 Å². The molecule has 0 spiro atoms. The summed E-state index contributed by atoms with van der Waals surface area (Å²) in [5.41, 5.74) is -1.44. The fourth-order valence-electron chi connectivity index (χ4n) is 1.79. The van der Waals surface area contributed by atoms with Crippen LogP contribution in [0.5, 0.6) is 0 Å². The molecule has 0 radical (unpaired) electrons. The van der Waals surface area contributed by atoms with Gasteiger partial charge in [-0.05, 0) is 25.5 Å². The van der Waals surface area contributed by atoms with E-state index in [4.69, 9.17) is 0 Å². The average Bonchev–Trinajstić information content (AvgIpc) is 2.36. The molecule has 1 aromatic heterocycles. The van der Waals surface area contributed by atoms with Gasteiger partial charge in [-0.3, -0.25) is 9.59 Å². The van der Waals surface area contributed by atoms with Crippen molar-refractivity contribution in [3.63, 3.8) is 0 Å². The highest BCUT2D eigenvalue weighted by Gasteiger charge is 2.16. The van der Waals surface area contributed by atoms with Crippen molar-refractivity contribution in [1.82, 2.24) is 9.36 Å². The first-order valence-corrected chi connectivity index (χ1v) is 5.55. The molecule has 0 fully saturated rings. The van der Waals surface area contributed by atoms with Crippen molar-refractivity contribution in [2.24, 2.45) is 0 Å². The Labute approximate surface area is 107 Å². The lowest BCUT2D eigenvalue weighted by atomic mass is 10.2. The van der Waals surface area contributed by atoms with Gasteiger partial charge in [0.15, 0.2) is 5.78 Å². The predicted octanol–water partition coefficient (Wildman–Crippen LogP) is 1.24. The summed E-state index contributed by atoms with van der Waals surface area (Å²) in [5, 5.41) is 0. The Morgan fingerprint density at radius 2 is 1.84 bits per heavy atom. The standard InChI is InChI=1S/C13H11FN2O3/c1-8-5-3-4-6-11(8)16-12(18)10(9(2)17)7-15(14)13(16)19/h3-7H,1-2H3. The van der Waals surface area contributed by atoms with Crippen molar-refractivity contribution in [3.05, 3.63) is 62.4 Å². The Kier molecular flexibility index (Phi) is 3.16. The van der Waals surface area contributed by atoms with E-state index in [0.29, 0.717) is 16.3 Å². The molecule has 98 valence electrons. The van der Waals surface area contributed by atoms with E-state index in [1.807, 2.05) is 0 Å². The summed E-state index contributed by atoms with van der Waals surface area (Å²) in [7, 11) is 0. The number of aryl methyl sites for hydroxylation is 1. The number of hydrogen-bond donors (Lipinski definition) is 0. The molecule has 0 amide bonds. The second-order valence-corrected chi connectivity index (χ2v) is 4.12. The number of nitrogens with zero attached hydrogens (tertiary/aromatic N) is 2. The molecule has 0 unspecified atom stereocenters. The highest BCUT2D eigenvalue weighted by atomic mass is 19.2. The van der Waals surface area contributed by atoms with Crippen molar-refractivity contribution in [2.45, 2.75) is 13.8 Å². The minimum Gasteiger partial charge on any atom is -0.294 e. The number of para-hydroxylation sites is 1. The topological polar surface area (TPSA) is 61.1 Å². The monoisotopic (exact) mass is 262 g/mol. The number of rotatable bonds is 2. The molecular weight excluding hydrogens is 251 g/mol. The van der Waals surface area contributed by atoms with E-state index >= 15 is 0 Å². The molecule has 6 heteroatoms. The van der Waals surface area contributed by atoms with Crippen LogP contribution in [0.3, 0.4) is 0 Å². The molecule has 0 bridgehead atoms. The maximum absolute atomic E-state index is 13.5. The smallest absolute Gasteiger partial charge is 0.294 e. The van der Waals surface area contributed by atoms with Gasteiger partial charge in [0.05, 0.1) is 11.9 Å². The van der Waals surface area contributed by atoms with Crippen LogP contribution >= 0.6 is 0 Å². The molecule has 1 aromatic carbocycles. The predicted molar refractivity (Wildman–Crippen MR) is 67.5 cm³/mol. The van der Waals surface area contributed by atoms with Crippen LogP contribution in [-0.4, -0.2) is 15.1 Å². The van der Waals surface area contributed by atoms with Crippen LogP contribution < -0.4 is 11.2 Å². The number of halogens is 1. The Bertz CT molecular complexity index is 774. The third-order valence-electron chi connectivity index (χ3n) is 2.79. The van der Waals surface area contributed by atoms with Gasteiger partial charge < -0.3 is 0 Å². The lowest BCUT2D eigenvalue weighted by Crippen LogP contribution is -2.39. The molecule has 0 aliphatic carbocycles. The van der Waals surface area contributed by atoms with Gasteiger partial charge in [-0.1, -0.05) is 22.7 Å². The maximum atomic E-state index is 13.5. The molecule has 0 N–H and O–H groups in total. The summed E-state index contributed by atoms with van der Waals surface area (Å²) in [5.74, 6) is -0.598. The van der Waals surface area contributed by atoms with Crippen LogP contribution in [0.2, 0.25) is 0 Å². The fraction of sp³-hybridized carbons (Fsp3) is 0.154. The Morgan fingerprint density at radius 1 is 1.21 bits per heavy atom. The number of benzene rings is 1. The fourth-order valence-corrected chi connectivity index (χ4v) is 1.79. The SMILES string of the molecule is CC(=O)c1cn(F)c(=O)n(-c2ccccc2C)c1=O. The minimum atomic E-state index is -1.13. The number of carbonyl (C=O) groups is 1. The molecule has 0 aliphatic rings. The Hall–Kier alpha value is -2.50. The van der Waals surface area contributed by atoms with Crippen molar-refractivity contribution in [2.75, 3.05) is 0 Å². The van der Waals surface area contributed by atoms with E-state index in [1.165, 1.54) is 6.07 Å². The second-order valence-electron chi connectivity index (χ2n) is 4.12. The Balaban J connectivity index is 2.92. The minimum absolute atomic E-state index is 0.256. The summed E-state index contributed by atoms with van der Waals surface area (Å²) in [6.07, 6.45) is 0.613. The molecule has 19 heavy (non-hydrogen) atoms. The largest absolute Gasteiger partial charge is 0.364 e. The van der Waals surface area contributed by atoms with Crippen molar-refractivity contribution in [1.29, 1.82) is 0 Å². The zero-order valence-electron chi connectivity index (χ0n) is 10.4. The van der Waals surface area contributed by atoms with Crippen molar-refractivity contribution >= 4 is 5.78 Å². The van der Waals surface area contributed by atoms with E-state index in [-0.39, 0.29) is 16.0 Å². The first-order valence-electron chi connectivity index (χ1n) is 5.55. The number of Topliss-reactive ketones (excluding diaryl/α,β-unsaturated/α-hetero) is 1. The van der Waals surface area contributed by atoms with Gasteiger partial charge in [-0.15, -0.1) is 4.79 Å². The van der Waals surface area contributed by atoms with Crippen LogP contribution in [0.4, 0.5) is 4.48 Å². The van der Waals surface area contributed by atoms with E-state index < -0.39 is 17.0 Å². The van der Waals surface area contributed by atoms with Gasteiger partial charge in [0.2, 0.25) is 0 Å². The summed E-state index contributed by atoms with van der Waals surface area (Å²) in [6, 6.07) is 6.55. The molecule has 0 saturated heterocycles. The number of hydrogen-bond acceptors (Lipinski definition) is 3. The number of carbonyl (C=O) groups excluding carboxylic acids is 1. The quantitative estimate of drug-likeness (QED) is 0.765. The summed E-state index contributed by atoms with van der Waals surface area (Å²) in [6.45, 7) is 2.83. The zero-order valence-corrected chi connectivity index (χ0v) is 10.4. The lowest BCUT2D eigenvalue weighted by Gasteiger charge is -2.09. The lowest BCUT2D eigenvalue weighted by molar-refractivity contribution is 0.101. The average molecular weight is 262 g/mol. The molecule has 5 nitrogen and oxygen atoms in total. The molecular formula is C13H11FN2O3. The molecule has 2 aromatic rings. The molecule has 0 aliphatic heterocycles. The van der Waals surface area contributed by atoms with E-state index in [2.05, 4.69) is 0 Å². The molecule has 2 rings (SSSR count). The van der Waals surface area contributed by atoms with Crippen molar-refractivity contribution in [3.8, 4) is 5.69 Å². The summed E-state index contributed by atoms with van der Waals surface area (Å²) >= 11 is 0. The third kappa shape index (κ3) is 2.12. The normalized spacial score (nSPS) is 10.5. The van der Waals surface area contributed by atoms with Crippen LogP contribution in [0.15, 0.2) is 40.1 Å². The van der Waals surface area contributed by atoms with Gasteiger partial charge in [0.1, 0.15) is 5.56 Å². The zero-order chi connectivity index (χ0) is 14.2. The van der Waals surface area contributed by atoms with Gasteiger partial charge in [0.25, 0.3) is 5.56 Å². The van der Waals surface area contributed by atoms with Crippen LogP contribution in [0.25, 0.3) is 5.69 Å². The van der Waals surface area contributed by atoms with Crippen molar-refractivity contribution < 1.29 is 9.28 Å². The first kappa shape index (κ1) is 12.9. The van der Waals surface area contributed by atoms with Gasteiger partial charge in [-0.2, -0.15) is 0 Å². The second kappa shape index (κ2) is 4.64. The summed E-state index contributed by atoms with van der Waals surface area (Å²) in [4.78, 5) is 34.9. The van der Waals surface area contributed by atoms with E-state index in [9.17, 15) is 18.9 Å². The first-order chi connectivity index (χ1) is 8.93. The molecule has 0 saturated carbocycles. The van der Waals surface area contributed by atoms with Gasteiger partial charge in [-0.25, -0.2) is 9.36 Å². The number of aromatic nitrogens is 2. The highest BCUT2D eigenvalue weighted by molar-refractivity contribution is 5.93. The van der Waals surface area contributed by atoms with E-state index in [1.54, 1.807) is 25.1 Å². The van der Waals surface area contributed by atoms with Crippen LogP contribution in [0, 0.1) is 6.92 Å². The van der Waals surface area contributed by atoms with Crippen LogP contribution in [-0.2, 0) is 0 Å². The maximum Gasteiger partial charge on any atom is 0.364 e. The Morgan fingerprint density at radius 3 is 2.42 bits per heavy atom. The summed E-state index contributed by atoms with van der Waals surface area (Å²) < 4.78 is 14.1. The molecule has 0 atom stereocenters. The van der Waals surface area contributed by atoms with E-state index in [0.717, 1.165) is 6.92 Å². The molecule has 1 heterocycles. The van der Waals surface area contributed by atoms with Crippen LogP contribution in [0.1, 0.15) is 22.8 Å². The number of ketones is 1.